The van der Waals surface area contributed by atoms with Crippen LogP contribution in [-0.2, 0) is 14.3 Å². The van der Waals surface area contributed by atoms with Gasteiger partial charge in [0.25, 0.3) is 0 Å². The SMILES string of the molecule is COc1cc(/C=N/NC(=O)C(=O)NCCN2CCOCC2)ccc1O. The van der Waals surface area contributed by atoms with E-state index in [2.05, 4.69) is 20.7 Å². The first kappa shape index (κ1) is 18.7. The Balaban J connectivity index is 1.72. The summed E-state index contributed by atoms with van der Waals surface area (Å²) in [5.74, 6) is -1.29. The van der Waals surface area contributed by atoms with Crippen LogP contribution >= 0.6 is 0 Å². The smallest absolute Gasteiger partial charge is 0.329 e. The number of hydrogen-bond donors (Lipinski definition) is 3. The fourth-order valence-corrected chi connectivity index (χ4v) is 2.22. The minimum Gasteiger partial charge on any atom is -0.504 e. The van der Waals surface area contributed by atoms with E-state index in [9.17, 15) is 14.7 Å². The average Bonchev–Trinajstić information content (AvgIpc) is 2.63. The van der Waals surface area contributed by atoms with Gasteiger partial charge in [-0.2, -0.15) is 5.10 Å². The third-order valence-corrected chi connectivity index (χ3v) is 3.61. The van der Waals surface area contributed by atoms with Gasteiger partial charge in [0.1, 0.15) is 0 Å². The van der Waals surface area contributed by atoms with Crippen molar-refractivity contribution >= 4 is 18.0 Å². The number of carbonyl (C=O) groups is 2. The number of rotatable bonds is 6. The quantitative estimate of drug-likeness (QED) is 0.355. The molecule has 9 heteroatoms. The first-order valence-corrected chi connectivity index (χ1v) is 7.88. The van der Waals surface area contributed by atoms with Crippen LogP contribution in [0.4, 0.5) is 0 Å². The Morgan fingerprint density at radius 1 is 1.36 bits per heavy atom. The van der Waals surface area contributed by atoms with Crippen molar-refractivity contribution in [3.63, 3.8) is 0 Å². The van der Waals surface area contributed by atoms with E-state index in [1.807, 2.05) is 0 Å². The molecule has 0 aliphatic carbocycles. The van der Waals surface area contributed by atoms with Gasteiger partial charge in [-0.25, -0.2) is 5.43 Å². The summed E-state index contributed by atoms with van der Waals surface area (Å²) in [4.78, 5) is 25.5. The van der Waals surface area contributed by atoms with Gasteiger partial charge in [-0.15, -0.1) is 0 Å². The van der Waals surface area contributed by atoms with E-state index in [0.717, 1.165) is 13.1 Å². The summed E-state index contributed by atoms with van der Waals surface area (Å²) in [6, 6.07) is 4.59. The molecule has 1 saturated heterocycles. The minimum atomic E-state index is -0.844. The molecule has 3 N–H and O–H groups in total. The second kappa shape index (κ2) is 9.60. The summed E-state index contributed by atoms with van der Waals surface area (Å²) in [6.07, 6.45) is 1.35. The van der Waals surface area contributed by atoms with Gasteiger partial charge in [0.15, 0.2) is 11.5 Å². The second-order valence-electron chi connectivity index (χ2n) is 5.34. The van der Waals surface area contributed by atoms with E-state index in [-0.39, 0.29) is 11.5 Å². The van der Waals surface area contributed by atoms with E-state index in [4.69, 9.17) is 9.47 Å². The van der Waals surface area contributed by atoms with Crippen molar-refractivity contribution in [2.45, 2.75) is 0 Å². The predicted molar refractivity (Wildman–Crippen MR) is 90.7 cm³/mol. The number of benzene rings is 1. The maximum Gasteiger partial charge on any atom is 0.329 e. The monoisotopic (exact) mass is 350 g/mol. The fourth-order valence-electron chi connectivity index (χ4n) is 2.22. The Bertz CT molecular complexity index is 629. The molecular weight excluding hydrogens is 328 g/mol. The van der Waals surface area contributed by atoms with Crippen LogP contribution in [0.1, 0.15) is 5.56 Å². The first-order valence-electron chi connectivity index (χ1n) is 7.88. The molecule has 9 nitrogen and oxygen atoms in total. The van der Waals surface area contributed by atoms with Gasteiger partial charge < -0.3 is 19.9 Å². The number of morpholine rings is 1. The lowest BCUT2D eigenvalue weighted by Crippen LogP contribution is -2.44. The Labute approximate surface area is 145 Å². The van der Waals surface area contributed by atoms with Gasteiger partial charge in [-0.3, -0.25) is 14.5 Å². The van der Waals surface area contributed by atoms with Crippen LogP contribution in [0.25, 0.3) is 0 Å². The largest absolute Gasteiger partial charge is 0.504 e. The molecule has 2 amide bonds. The van der Waals surface area contributed by atoms with Gasteiger partial charge in [0.2, 0.25) is 0 Å². The summed E-state index contributed by atoms with van der Waals surface area (Å²) in [6.45, 7) is 4.06. The molecule has 0 aromatic heterocycles. The number of hydrazone groups is 1. The highest BCUT2D eigenvalue weighted by molar-refractivity contribution is 6.35. The molecule has 0 spiro atoms. The van der Waals surface area contributed by atoms with E-state index in [1.54, 1.807) is 12.1 Å². The Morgan fingerprint density at radius 3 is 2.84 bits per heavy atom. The number of ether oxygens (including phenoxy) is 2. The van der Waals surface area contributed by atoms with Crippen LogP contribution in [0.5, 0.6) is 11.5 Å². The van der Waals surface area contributed by atoms with Gasteiger partial charge >= 0.3 is 11.8 Å². The Hall–Kier alpha value is -2.65. The van der Waals surface area contributed by atoms with E-state index in [1.165, 1.54) is 19.4 Å². The average molecular weight is 350 g/mol. The molecule has 0 atom stereocenters. The van der Waals surface area contributed by atoms with Crippen molar-refractivity contribution in [2.24, 2.45) is 5.10 Å². The molecule has 1 aromatic rings. The summed E-state index contributed by atoms with van der Waals surface area (Å²) in [5.41, 5.74) is 2.75. The number of nitrogens with one attached hydrogen (secondary N) is 2. The maximum atomic E-state index is 11.7. The van der Waals surface area contributed by atoms with Crippen molar-refractivity contribution < 1.29 is 24.2 Å². The lowest BCUT2D eigenvalue weighted by molar-refractivity contribution is -0.139. The number of hydrogen-bond acceptors (Lipinski definition) is 7. The predicted octanol–water partition coefficient (Wildman–Crippen LogP) is -0.701. The van der Waals surface area contributed by atoms with Crippen molar-refractivity contribution in [2.75, 3.05) is 46.5 Å². The zero-order chi connectivity index (χ0) is 18.1. The molecule has 2 rings (SSSR count). The highest BCUT2D eigenvalue weighted by Crippen LogP contribution is 2.25. The molecule has 0 saturated carbocycles. The third-order valence-electron chi connectivity index (χ3n) is 3.61. The summed E-state index contributed by atoms with van der Waals surface area (Å²) in [5, 5.41) is 15.8. The van der Waals surface area contributed by atoms with Crippen LogP contribution in [0.3, 0.4) is 0 Å². The highest BCUT2D eigenvalue weighted by atomic mass is 16.5. The van der Waals surface area contributed by atoms with Crippen molar-refractivity contribution in [1.29, 1.82) is 0 Å². The molecule has 136 valence electrons. The standard InChI is InChI=1S/C16H22N4O5/c1-24-14-10-12(2-3-13(14)21)11-18-19-16(23)15(22)17-4-5-20-6-8-25-9-7-20/h2-3,10-11,21H,4-9H2,1H3,(H,17,22)(H,19,23)/b18-11+. The molecule has 0 unspecified atom stereocenters. The maximum absolute atomic E-state index is 11.7. The van der Waals surface area contributed by atoms with Crippen molar-refractivity contribution in [3.05, 3.63) is 23.8 Å². The molecule has 1 heterocycles. The van der Waals surface area contributed by atoms with Crippen LogP contribution in [0.15, 0.2) is 23.3 Å². The molecule has 0 bridgehead atoms. The lowest BCUT2D eigenvalue weighted by Gasteiger charge is -2.26. The zero-order valence-electron chi connectivity index (χ0n) is 14.0. The van der Waals surface area contributed by atoms with Gasteiger partial charge in [0, 0.05) is 26.2 Å². The molecule has 1 aromatic carbocycles. The van der Waals surface area contributed by atoms with Crippen LogP contribution in [0, 0.1) is 0 Å². The normalized spacial score (nSPS) is 15.1. The van der Waals surface area contributed by atoms with Crippen LogP contribution < -0.4 is 15.5 Å². The Kier molecular flexibility index (Phi) is 7.17. The van der Waals surface area contributed by atoms with Gasteiger partial charge in [-0.05, 0) is 23.8 Å². The van der Waals surface area contributed by atoms with Gasteiger partial charge in [0.05, 0.1) is 26.5 Å². The summed E-state index contributed by atoms with van der Waals surface area (Å²) >= 11 is 0. The highest BCUT2D eigenvalue weighted by Gasteiger charge is 2.14. The van der Waals surface area contributed by atoms with Crippen LogP contribution in [0.2, 0.25) is 0 Å². The molecule has 1 aliphatic heterocycles. The third kappa shape index (κ3) is 6.05. The summed E-state index contributed by atoms with van der Waals surface area (Å²) in [7, 11) is 1.43. The van der Waals surface area contributed by atoms with E-state index < -0.39 is 11.8 Å². The van der Waals surface area contributed by atoms with Crippen LogP contribution in [-0.4, -0.2) is 74.5 Å². The van der Waals surface area contributed by atoms with E-state index >= 15 is 0 Å². The van der Waals surface area contributed by atoms with Crippen molar-refractivity contribution in [3.8, 4) is 11.5 Å². The van der Waals surface area contributed by atoms with E-state index in [0.29, 0.717) is 31.9 Å². The molecule has 1 fully saturated rings. The number of aromatic hydroxyl groups is 1. The van der Waals surface area contributed by atoms with Gasteiger partial charge in [-0.1, -0.05) is 0 Å². The zero-order valence-corrected chi connectivity index (χ0v) is 14.0. The fraction of sp³-hybridized carbons (Fsp3) is 0.438. The summed E-state index contributed by atoms with van der Waals surface area (Å²) < 4.78 is 10.2. The second-order valence-corrected chi connectivity index (χ2v) is 5.34. The lowest BCUT2D eigenvalue weighted by atomic mass is 10.2. The Morgan fingerprint density at radius 2 is 2.12 bits per heavy atom. The number of carbonyl (C=O) groups excluding carboxylic acids is 2. The molecule has 0 radical (unpaired) electrons. The minimum absolute atomic E-state index is 0.00308. The molecule has 1 aliphatic rings. The van der Waals surface area contributed by atoms with Crippen molar-refractivity contribution in [1.82, 2.24) is 15.6 Å². The number of nitrogens with zero attached hydrogens (tertiary/aromatic N) is 2. The number of methoxy groups -OCH3 is 1. The topological polar surface area (TPSA) is 112 Å². The number of amides is 2. The molecular formula is C16H22N4O5. The number of phenolic OH excluding ortho intramolecular Hbond substituents is 1. The first-order chi connectivity index (χ1) is 12.1. The number of phenols is 1. The molecule has 25 heavy (non-hydrogen) atoms.